The summed E-state index contributed by atoms with van der Waals surface area (Å²) in [5.74, 6) is 0. The predicted molar refractivity (Wildman–Crippen MR) is 77.5 cm³/mol. The van der Waals surface area contributed by atoms with E-state index in [1.807, 2.05) is 20.8 Å². The Morgan fingerprint density at radius 1 is 0.765 bits per heavy atom. The van der Waals surface area contributed by atoms with Crippen molar-refractivity contribution in [2.24, 2.45) is 0 Å². The Bertz CT molecular complexity index is 155. The first kappa shape index (κ1) is 17.4. The second-order valence-corrected chi connectivity index (χ2v) is 6.33. The summed E-state index contributed by atoms with van der Waals surface area (Å²) in [5.41, 5.74) is -0.185. The summed E-state index contributed by atoms with van der Waals surface area (Å²) in [6.45, 7) is 6.72. The van der Waals surface area contributed by atoms with Crippen molar-refractivity contribution in [2.45, 2.75) is 77.7 Å². The van der Waals surface area contributed by atoms with Gasteiger partial charge in [0.25, 0.3) is 0 Å². The summed E-state index contributed by atoms with van der Waals surface area (Å²) in [6, 6.07) is 0. The standard InChI is InChI=1S/C14H29BrO2/c1-14(2,3)17-16-13-11-9-7-5-4-6-8-10-12-15/h4-13H2,1-3H3. The van der Waals surface area contributed by atoms with Crippen molar-refractivity contribution >= 4 is 15.9 Å². The van der Waals surface area contributed by atoms with Crippen LogP contribution in [0.5, 0.6) is 0 Å². The number of unbranched alkanes of at least 4 members (excludes halogenated alkanes) is 7. The quantitative estimate of drug-likeness (QED) is 0.225. The normalized spacial score (nSPS) is 12.0. The maximum Gasteiger partial charge on any atom is 0.0952 e. The molecule has 0 bridgehead atoms. The third kappa shape index (κ3) is 16.4. The Balaban J connectivity index is 2.99. The van der Waals surface area contributed by atoms with E-state index in [1.165, 1.54) is 44.9 Å². The molecular weight excluding hydrogens is 280 g/mol. The highest BCUT2D eigenvalue weighted by molar-refractivity contribution is 9.09. The van der Waals surface area contributed by atoms with E-state index in [1.54, 1.807) is 0 Å². The zero-order valence-electron chi connectivity index (χ0n) is 11.8. The molecule has 0 aliphatic carbocycles. The average molecular weight is 309 g/mol. The molecule has 0 rings (SSSR count). The van der Waals surface area contributed by atoms with Gasteiger partial charge in [-0.05, 0) is 33.6 Å². The van der Waals surface area contributed by atoms with Crippen LogP contribution in [0.25, 0.3) is 0 Å². The topological polar surface area (TPSA) is 18.5 Å². The van der Waals surface area contributed by atoms with Crippen LogP contribution in [0.3, 0.4) is 0 Å². The van der Waals surface area contributed by atoms with Crippen molar-refractivity contribution in [1.29, 1.82) is 0 Å². The van der Waals surface area contributed by atoms with Crippen molar-refractivity contribution in [2.75, 3.05) is 11.9 Å². The van der Waals surface area contributed by atoms with E-state index in [4.69, 9.17) is 9.78 Å². The van der Waals surface area contributed by atoms with Gasteiger partial charge in [-0.3, -0.25) is 0 Å². The van der Waals surface area contributed by atoms with E-state index >= 15 is 0 Å². The van der Waals surface area contributed by atoms with Gasteiger partial charge in [0, 0.05) is 5.33 Å². The minimum Gasteiger partial charge on any atom is -0.236 e. The van der Waals surface area contributed by atoms with Gasteiger partial charge in [-0.2, -0.15) is 0 Å². The maximum atomic E-state index is 5.20. The predicted octanol–water partition coefficient (Wildman–Crippen LogP) is 5.25. The molecule has 104 valence electrons. The van der Waals surface area contributed by atoms with Gasteiger partial charge in [0.1, 0.15) is 0 Å². The molecule has 0 aromatic rings. The first-order valence-corrected chi connectivity index (χ1v) is 8.05. The smallest absolute Gasteiger partial charge is 0.0952 e. The van der Waals surface area contributed by atoms with Crippen LogP contribution < -0.4 is 0 Å². The van der Waals surface area contributed by atoms with Gasteiger partial charge >= 0.3 is 0 Å². The molecular formula is C14H29BrO2. The lowest BCUT2D eigenvalue weighted by Gasteiger charge is -2.17. The van der Waals surface area contributed by atoms with Crippen LogP contribution in [-0.4, -0.2) is 17.5 Å². The highest BCUT2D eigenvalue weighted by atomic mass is 79.9. The highest BCUT2D eigenvalue weighted by Gasteiger charge is 2.10. The molecule has 0 amide bonds. The summed E-state index contributed by atoms with van der Waals surface area (Å²) < 4.78 is 0. The zero-order chi connectivity index (χ0) is 13.0. The van der Waals surface area contributed by atoms with Crippen LogP contribution in [0.2, 0.25) is 0 Å². The van der Waals surface area contributed by atoms with Gasteiger partial charge in [0.05, 0.1) is 12.2 Å². The van der Waals surface area contributed by atoms with Gasteiger partial charge in [-0.15, -0.1) is 0 Å². The minimum absolute atomic E-state index is 0.185. The summed E-state index contributed by atoms with van der Waals surface area (Å²) in [5, 5.41) is 1.15. The first-order chi connectivity index (χ1) is 8.06. The molecule has 0 saturated heterocycles. The summed E-state index contributed by atoms with van der Waals surface area (Å²) in [4.78, 5) is 10.3. The van der Waals surface area contributed by atoms with Gasteiger partial charge < -0.3 is 0 Å². The zero-order valence-corrected chi connectivity index (χ0v) is 13.4. The Morgan fingerprint density at radius 2 is 1.24 bits per heavy atom. The van der Waals surface area contributed by atoms with Crippen LogP contribution in [0.1, 0.15) is 72.1 Å². The molecule has 0 fully saturated rings. The lowest BCUT2D eigenvalue weighted by atomic mass is 10.1. The Labute approximate surface area is 116 Å². The summed E-state index contributed by atoms with van der Waals surface area (Å²) in [6.07, 6.45) is 10.5. The molecule has 17 heavy (non-hydrogen) atoms. The Morgan fingerprint density at radius 3 is 1.71 bits per heavy atom. The Kier molecular flexibility index (Phi) is 11.8. The lowest BCUT2D eigenvalue weighted by molar-refractivity contribution is -0.348. The third-order valence-electron chi connectivity index (χ3n) is 2.42. The third-order valence-corrected chi connectivity index (χ3v) is 2.98. The summed E-state index contributed by atoms with van der Waals surface area (Å²) >= 11 is 3.46. The van der Waals surface area contributed by atoms with Gasteiger partial charge in [0.15, 0.2) is 0 Å². The fourth-order valence-corrected chi connectivity index (χ4v) is 1.93. The molecule has 0 aliphatic rings. The molecule has 0 spiro atoms. The fraction of sp³-hybridized carbons (Fsp3) is 1.00. The van der Waals surface area contributed by atoms with E-state index in [9.17, 15) is 0 Å². The first-order valence-electron chi connectivity index (χ1n) is 6.93. The van der Waals surface area contributed by atoms with E-state index in [0.29, 0.717) is 0 Å². The summed E-state index contributed by atoms with van der Waals surface area (Å²) in [7, 11) is 0. The van der Waals surface area contributed by atoms with E-state index in [0.717, 1.165) is 18.4 Å². The molecule has 3 heteroatoms. The number of hydrogen-bond donors (Lipinski definition) is 0. The molecule has 0 aliphatic heterocycles. The van der Waals surface area contributed by atoms with Crippen LogP contribution in [0.4, 0.5) is 0 Å². The van der Waals surface area contributed by atoms with Crippen molar-refractivity contribution in [3.05, 3.63) is 0 Å². The molecule has 0 atom stereocenters. The molecule has 0 N–H and O–H groups in total. The average Bonchev–Trinajstić information content (AvgIpc) is 2.24. The van der Waals surface area contributed by atoms with Gasteiger partial charge in [0.2, 0.25) is 0 Å². The van der Waals surface area contributed by atoms with Crippen molar-refractivity contribution in [3.8, 4) is 0 Å². The van der Waals surface area contributed by atoms with E-state index in [-0.39, 0.29) is 5.60 Å². The molecule has 0 saturated carbocycles. The monoisotopic (exact) mass is 308 g/mol. The Hall–Kier alpha value is 0.400. The van der Waals surface area contributed by atoms with E-state index < -0.39 is 0 Å². The van der Waals surface area contributed by atoms with Crippen LogP contribution in [0.15, 0.2) is 0 Å². The van der Waals surface area contributed by atoms with Crippen molar-refractivity contribution in [3.63, 3.8) is 0 Å². The number of halogens is 1. The highest BCUT2D eigenvalue weighted by Crippen LogP contribution is 2.10. The molecule has 0 unspecified atom stereocenters. The molecule has 0 radical (unpaired) electrons. The van der Waals surface area contributed by atoms with Gasteiger partial charge in [-0.25, -0.2) is 9.78 Å². The van der Waals surface area contributed by atoms with Crippen molar-refractivity contribution in [1.82, 2.24) is 0 Å². The van der Waals surface area contributed by atoms with E-state index in [2.05, 4.69) is 15.9 Å². The fourth-order valence-electron chi connectivity index (χ4n) is 1.53. The maximum absolute atomic E-state index is 5.20. The van der Waals surface area contributed by atoms with Crippen LogP contribution in [0, 0.1) is 0 Å². The number of hydrogen-bond acceptors (Lipinski definition) is 2. The lowest BCUT2D eigenvalue weighted by Crippen LogP contribution is -2.19. The van der Waals surface area contributed by atoms with Crippen molar-refractivity contribution < 1.29 is 9.78 Å². The van der Waals surface area contributed by atoms with Crippen LogP contribution >= 0.6 is 15.9 Å². The molecule has 2 nitrogen and oxygen atoms in total. The van der Waals surface area contributed by atoms with Crippen LogP contribution in [-0.2, 0) is 9.78 Å². The number of rotatable bonds is 11. The second-order valence-electron chi connectivity index (χ2n) is 5.54. The second kappa shape index (κ2) is 11.5. The van der Waals surface area contributed by atoms with Gasteiger partial charge in [-0.1, -0.05) is 54.5 Å². The minimum atomic E-state index is -0.185. The molecule has 0 heterocycles. The largest absolute Gasteiger partial charge is 0.236 e. The molecule has 0 aromatic heterocycles. The SMILES string of the molecule is CC(C)(C)OOCCCCCCCCCCBr. The number of alkyl halides is 1. The molecule has 0 aromatic carbocycles.